The molecule has 2 rings (SSSR count). The van der Waals surface area contributed by atoms with Gasteiger partial charge in [0.25, 0.3) is 11.8 Å². The molecule has 134 valence electrons. The van der Waals surface area contributed by atoms with Crippen LogP contribution in [-0.4, -0.2) is 40.7 Å². The zero-order valence-electron chi connectivity index (χ0n) is 13.5. The number of hydrogen-bond acceptors (Lipinski definition) is 4. The minimum Gasteiger partial charge on any atom is -0.324 e. The molecule has 1 aromatic carbocycles. The Balaban J connectivity index is 1.83. The lowest BCUT2D eigenvalue weighted by molar-refractivity contribution is -0.130. The lowest BCUT2D eigenvalue weighted by Crippen LogP contribution is -2.44. The monoisotopic (exact) mass is 354 g/mol. The van der Waals surface area contributed by atoms with Crippen LogP contribution in [0.2, 0.25) is 0 Å². The number of benzene rings is 1. The smallest absolute Gasteiger partial charge is 0.324 e. The van der Waals surface area contributed by atoms with E-state index in [4.69, 9.17) is 0 Å². The third-order valence-electron chi connectivity index (χ3n) is 3.50. The van der Waals surface area contributed by atoms with Gasteiger partial charge in [-0.05, 0) is 32.0 Å². The lowest BCUT2D eigenvalue weighted by Gasteiger charge is -2.15. The molecule has 0 aliphatic carbocycles. The Bertz CT molecular complexity index is 751. The maximum atomic E-state index is 13.1. The molecular formula is C15H16F2N4O4. The Morgan fingerprint density at radius 2 is 1.84 bits per heavy atom. The van der Waals surface area contributed by atoms with Crippen molar-refractivity contribution in [2.75, 3.05) is 6.54 Å². The van der Waals surface area contributed by atoms with E-state index in [1.807, 2.05) is 5.43 Å². The summed E-state index contributed by atoms with van der Waals surface area (Å²) in [6.45, 7) is 2.91. The van der Waals surface area contributed by atoms with Crippen LogP contribution < -0.4 is 16.2 Å². The van der Waals surface area contributed by atoms with Crippen LogP contribution >= 0.6 is 0 Å². The maximum Gasteiger partial charge on any atom is 0.325 e. The molecule has 0 aromatic heterocycles. The zero-order chi connectivity index (χ0) is 18.8. The van der Waals surface area contributed by atoms with Crippen molar-refractivity contribution in [3.05, 3.63) is 35.4 Å². The molecule has 10 heteroatoms. The van der Waals surface area contributed by atoms with Crippen molar-refractivity contribution < 1.29 is 28.0 Å². The Morgan fingerprint density at radius 1 is 1.16 bits per heavy atom. The average molecular weight is 354 g/mol. The summed E-state index contributed by atoms with van der Waals surface area (Å²) in [4.78, 5) is 47.9. The van der Waals surface area contributed by atoms with Gasteiger partial charge in [-0.3, -0.25) is 30.1 Å². The molecule has 3 N–H and O–H groups in total. The fraction of sp³-hybridized carbons (Fsp3) is 0.333. The molecule has 0 saturated carbocycles. The zero-order valence-corrected chi connectivity index (χ0v) is 13.5. The predicted octanol–water partition coefficient (Wildman–Crippen LogP) is 0.446. The van der Waals surface area contributed by atoms with Crippen molar-refractivity contribution in [1.29, 1.82) is 0 Å². The molecule has 0 radical (unpaired) electrons. The first-order valence-electron chi connectivity index (χ1n) is 7.30. The molecular weight excluding hydrogens is 338 g/mol. The molecule has 1 fully saturated rings. The number of hydrazine groups is 1. The highest BCUT2D eigenvalue weighted by atomic mass is 19.2. The second kappa shape index (κ2) is 6.83. The first kappa shape index (κ1) is 18.3. The fourth-order valence-corrected chi connectivity index (χ4v) is 2.13. The van der Waals surface area contributed by atoms with Crippen molar-refractivity contribution in [3.8, 4) is 0 Å². The quantitative estimate of drug-likeness (QED) is 0.539. The molecule has 1 aliphatic heterocycles. The number of carbonyl (C=O) groups excluding carboxylic acids is 4. The largest absolute Gasteiger partial charge is 0.325 e. The summed E-state index contributed by atoms with van der Waals surface area (Å²) >= 11 is 0. The van der Waals surface area contributed by atoms with Crippen LogP contribution in [0.25, 0.3) is 0 Å². The minimum absolute atomic E-state index is 0.166. The van der Waals surface area contributed by atoms with E-state index >= 15 is 0 Å². The number of urea groups is 1. The van der Waals surface area contributed by atoms with Crippen LogP contribution in [0.1, 0.15) is 30.6 Å². The summed E-state index contributed by atoms with van der Waals surface area (Å²) in [5.74, 6) is -4.27. The highest BCUT2D eigenvalue weighted by molar-refractivity contribution is 6.06. The van der Waals surface area contributed by atoms with Gasteiger partial charge in [-0.15, -0.1) is 0 Å². The van der Waals surface area contributed by atoms with Crippen LogP contribution in [0, 0.1) is 11.6 Å². The minimum atomic E-state index is -1.19. The van der Waals surface area contributed by atoms with E-state index < -0.39 is 40.9 Å². The van der Waals surface area contributed by atoms with E-state index in [0.717, 1.165) is 17.0 Å². The second-order valence-electron chi connectivity index (χ2n) is 5.89. The molecule has 1 heterocycles. The Kier molecular flexibility index (Phi) is 5.00. The van der Waals surface area contributed by atoms with Gasteiger partial charge in [-0.1, -0.05) is 0 Å². The van der Waals surface area contributed by atoms with Gasteiger partial charge in [0.1, 0.15) is 5.54 Å². The number of hydrogen-bond donors (Lipinski definition) is 3. The molecule has 0 unspecified atom stereocenters. The molecule has 8 nitrogen and oxygen atoms in total. The summed E-state index contributed by atoms with van der Waals surface area (Å²) < 4.78 is 25.9. The van der Waals surface area contributed by atoms with Crippen LogP contribution in [0.3, 0.4) is 0 Å². The summed E-state index contributed by atoms with van der Waals surface area (Å²) in [6.07, 6.45) is -0.243. The summed E-state index contributed by atoms with van der Waals surface area (Å²) in [5.41, 5.74) is 2.87. The third-order valence-corrected chi connectivity index (χ3v) is 3.50. The number of nitrogens with one attached hydrogen (secondary N) is 3. The van der Waals surface area contributed by atoms with Gasteiger partial charge in [-0.25, -0.2) is 13.6 Å². The first-order valence-corrected chi connectivity index (χ1v) is 7.30. The number of imide groups is 1. The summed E-state index contributed by atoms with van der Waals surface area (Å²) in [7, 11) is 0. The number of nitrogens with zero attached hydrogens (tertiary/aromatic N) is 1. The van der Waals surface area contributed by atoms with E-state index in [2.05, 4.69) is 10.7 Å². The SMILES string of the molecule is CC1(C)NC(=O)N(CCC(=O)NNC(=O)c2ccc(F)c(F)c2)C1=O. The van der Waals surface area contributed by atoms with Gasteiger partial charge in [0, 0.05) is 18.5 Å². The van der Waals surface area contributed by atoms with Crippen molar-refractivity contribution in [3.63, 3.8) is 0 Å². The average Bonchev–Trinajstić information content (AvgIpc) is 2.73. The van der Waals surface area contributed by atoms with Crippen LogP contribution in [0.15, 0.2) is 18.2 Å². The third kappa shape index (κ3) is 4.08. The molecule has 0 bridgehead atoms. The van der Waals surface area contributed by atoms with E-state index in [9.17, 15) is 28.0 Å². The molecule has 1 aliphatic rings. The van der Waals surface area contributed by atoms with Crippen molar-refractivity contribution in [1.82, 2.24) is 21.1 Å². The first-order chi connectivity index (χ1) is 11.6. The highest BCUT2D eigenvalue weighted by Crippen LogP contribution is 2.16. The Hall–Kier alpha value is -3.04. The number of carbonyl (C=O) groups is 4. The number of halogens is 2. The maximum absolute atomic E-state index is 13.1. The molecule has 0 atom stereocenters. The normalized spacial score (nSPS) is 15.8. The van der Waals surface area contributed by atoms with Crippen LogP contribution in [-0.2, 0) is 9.59 Å². The molecule has 1 aromatic rings. The molecule has 0 spiro atoms. The van der Waals surface area contributed by atoms with Gasteiger partial charge in [-0.2, -0.15) is 0 Å². The van der Waals surface area contributed by atoms with E-state index in [0.29, 0.717) is 6.07 Å². The van der Waals surface area contributed by atoms with Gasteiger partial charge < -0.3 is 5.32 Å². The van der Waals surface area contributed by atoms with E-state index in [-0.39, 0.29) is 18.5 Å². The molecule has 5 amide bonds. The van der Waals surface area contributed by atoms with Crippen LogP contribution in [0.5, 0.6) is 0 Å². The second-order valence-corrected chi connectivity index (χ2v) is 5.89. The Morgan fingerprint density at radius 3 is 2.40 bits per heavy atom. The topological polar surface area (TPSA) is 108 Å². The van der Waals surface area contributed by atoms with Crippen molar-refractivity contribution in [2.45, 2.75) is 25.8 Å². The van der Waals surface area contributed by atoms with Gasteiger partial charge in [0.05, 0.1) is 0 Å². The van der Waals surface area contributed by atoms with Gasteiger partial charge >= 0.3 is 6.03 Å². The Labute approximate surface area is 141 Å². The summed E-state index contributed by atoms with van der Waals surface area (Å²) in [5, 5.41) is 2.47. The van der Waals surface area contributed by atoms with Gasteiger partial charge in [0.15, 0.2) is 11.6 Å². The number of amides is 5. The fourth-order valence-electron chi connectivity index (χ4n) is 2.13. The predicted molar refractivity (Wildman–Crippen MR) is 80.9 cm³/mol. The highest BCUT2D eigenvalue weighted by Gasteiger charge is 2.43. The standard InChI is InChI=1S/C15H16F2N4O4/c1-15(2)13(24)21(14(25)18-15)6-5-11(22)19-20-12(23)8-3-4-9(16)10(17)7-8/h3-4,7H,5-6H2,1-2H3,(H,18,25)(H,19,22)(H,20,23). The lowest BCUT2D eigenvalue weighted by atomic mass is 10.1. The van der Waals surface area contributed by atoms with Crippen molar-refractivity contribution >= 4 is 23.8 Å². The van der Waals surface area contributed by atoms with Gasteiger partial charge in [0.2, 0.25) is 5.91 Å². The van der Waals surface area contributed by atoms with E-state index in [1.54, 1.807) is 0 Å². The molecule has 25 heavy (non-hydrogen) atoms. The van der Waals surface area contributed by atoms with Crippen LogP contribution in [0.4, 0.5) is 13.6 Å². The summed E-state index contributed by atoms with van der Waals surface area (Å²) in [6, 6.07) is 1.92. The number of rotatable bonds is 4. The van der Waals surface area contributed by atoms with E-state index in [1.165, 1.54) is 13.8 Å². The van der Waals surface area contributed by atoms with Crippen molar-refractivity contribution in [2.24, 2.45) is 0 Å². The molecule has 1 saturated heterocycles.